The highest BCUT2D eigenvalue weighted by Gasteiger charge is 2.21. The second-order valence-corrected chi connectivity index (χ2v) is 10.2. The van der Waals surface area contributed by atoms with Crippen LogP contribution >= 0.6 is 0 Å². The van der Waals surface area contributed by atoms with Gasteiger partial charge >= 0.3 is 0 Å². The molecular weight excluding hydrogens is 512 g/mol. The number of benzene rings is 6. The molecule has 4 nitrogen and oxygen atoms in total. The summed E-state index contributed by atoms with van der Waals surface area (Å²) in [4.78, 5) is 9.96. The van der Waals surface area contributed by atoms with E-state index in [2.05, 4.69) is 90.2 Å². The number of nitrogens with zero attached hydrogens (tertiary/aromatic N) is 3. The van der Waals surface area contributed by atoms with Gasteiger partial charge in [-0.2, -0.15) is 5.26 Å². The summed E-state index contributed by atoms with van der Waals surface area (Å²) in [6, 6.07) is 51.7. The first-order valence-electron chi connectivity index (χ1n) is 13.9. The molecule has 0 bridgehead atoms. The van der Waals surface area contributed by atoms with Gasteiger partial charge in [-0.1, -0.05) is 127 Å². The lowest BCUT2D eigenvalue weighted by atomic mass is 9.89. The second-order valence-electron chi connectivity index (χ2n) is 10.2. The lowest BCUT2D eigenvalue weighted by molar-refractivity contribution is 0.674. The maximum atomic E-state index is 9.86. The van der Waals surface area contributed by atoms with Crippen molar-refractivity contribution >= 4 is 22.4 Å². The topological polar surface area (TPSA) is 60.5 Å². The summed E-state index contributed by atoms with van der Waals surface area (Å²) in [6.45, 7) is 0. The summed E-state index contributed by atoms with van der Waals surface area (Å²) in [6.07, 6.45) is -0.247. The maximum Gasteiger partial charge on any atom is 0.159 e. The number of nitriles is 1. The number of amidine groups is 2. The van der Waals surface area contributed by atoms with Crippen LogP contribution in [-0.2, 0) is 0 Å². The van der Waals surface area contributed by atoms with Crippen molar-refractivity contribution in [3.8, 4) is 28.3 Å². The maximum absolute atomic E-state index is 9.86. The van der Waals surface area contributed by atoms with Crippen molar-refractivity contribution in [2.24, 2.45) is 9.98 Å². The molecule has 1 aliphatic heterocycles. The minimum atomic E-state index is -0.247. The molecule has 42 heavy (non-hydrogen) atoms. The van der Waals surface area contributed by atoms with Crippen molar-refractivity contribution < 1.29 is 0 Å². The van der Waals surface area contributed by atoms with Crippen LogP contribution in [0.25, 0.3) is 33.0 Å². The molecule has 1 unspecified atom stereocenters. The highest BCUT2D eigenvalue weighted by Crippen LogP contribution is 2.37. The van der Waals surface area contributed by atoms with E-state index in [1.54, 1.807) is 0 Å². The average molecular weight is 539 g/mol. The van der Waals surface area contributed by atoms with E-state index >= 15 is 0 Å². The SMILES string of the molecule is N#Cc1ccccc1-c1cc2ccccc2cc1-c1ccc(C2=NC(c3ccccc3)NC(c3ccccc3)=N2)cc1. The number of hydrogen-bond acceptors (Lipinski definition) is 4. The van der Waals surface area contributed by atoms with E-state index in [-0.39, 0.29) is 6.17 Å². The number of aliphatic imine (C=N–C) groups is 2. The van der Waals surface area contributed by atoms with Crippen LogP contribution in [0.4, 0.5) is 0 Å². The first kappa shape index (κ1) is 25.2. The molecule has 198 valence electrons. The van der Waals surface area contributed by atoms with E-state index in [4.69, 9.17) is 9.98 Å². The Hall–Kier alpha value is -5.79. The molecule has 1 atom stereocenters. The molecule has 6 aromatic carbocycles. The summed E-state index contributed by atoms with van der Waals surface area (Å²) in [5.74, 6) is 1.48. The van der Waals surface area contributed by atoms with Crippen molar-refractivity contribution in [3.63, 3.8) is 0 Å². The average Bonchev–Trinajstić information content (AvgIpc) is 3.08. The van der Waals surface area contributed by atoms with Crippen LogP contribution < -0.4 is 5.32 Å². The predicted molar refractivity (Wildman–Crippen MR) is 171 cm³/mol. The van der Waals surface area contributed by atoms with Crippen LogP contribution in [0.5, 0.6) is 0 Å². The van der Waals surface area contributed by atoms with Gasteiger partial charge in [0.15, 0.2) is 5.84 Å². The van der Waals surface area contributed by atoms with E-state index < -0.39 is 0 Å². The third-order valence-electron chi connectivity index (χ3n) is 7.58. The van der Waals surface area contributed by atoms with Crippen LogP contribution in [-0.4, -0.2) is 11.7 Å². The van der Waals surface area contributed by atoms with Crippen molar-refractivity contribution in [2.75, 3.05) is 0 Å². The fourth-order valence-corrected chi connectivity index (χ4v) is 5.44. The van der Waals surface area contributed by atoms with Crippen molar-refractivity contribution in [1.82, 2.24) is 5.32 Å². The van der Waals surface area contributed by atoms with Gasteiger partial charge in [-0.3, -0.25) is 0 Å². The minimum Gasteiger partial charge on any atom is -0.344 e. The van der Waals surface area contributed by atoms with E-state index in [0.717, 1.165) is 55.6 Å². The van der Waals surface area contributed by atoms with Crippen LogP contribution in [0.1, 0.15) is 28.4 Å². The fraction of sp³-hybridized carbons (Fsp3) is 0.0263. The van der Waals surface area contributed by atoms with Gasteiger partial charge in [-0.15, -0.1) is 0 Å². The molecule has 0 fully saturated rings. The normalized spacial score (nSPS) is 14.4. The van der Waals surface area contributed by atoms with Crippen LogP contribution in [0, 0.1) is 11.3 Å². The summed E-state index contributed by atoms with van der Waals surface area (Å²) in [5.41, 5.74) is 7.78. The Morgan fingerprint density at radius 2 is 1.14 bits per heavy atom. The fourth-order valence-electron chi connectivity index (χ4n) is 5.44. The molecule has 0 amide bonds. The highest BCUT2D eigenvalue weighted by atomic mass is 15.2. The lowest BCUT2D eigenvalue weighted by Crippen LogP contribution is -2.33. The zero-order valence-electron chi connectivity index (χ0n) is 22.8. The summed E-state index contributed by atoms with van der Waals surface area (Å²) < 4.78 is 0. The van der Waals surface area contributed by atoms with Crippen molar-refractivity contribution in [1.29, 1.82) is 5.26 Å². The van der Waals surface area contributed by atoms with Gasteiger partial charge in [-0.05, 0) is 51.2 Å². The molecule has 0 aliphatic carbocycles. The Morgan fingerprint density at radius 3 is 1.86 bits per heavy atom. The van der Waals surface area contributed by atoms with Gasteiger partial charge in [0, 0.05) is 16.7 Å². The number of rotatable bonds is 5. The molecule has 4 heteroatoms. The zero-order chi connectivity index (χ0) is 28.3. The minimum absolute atomic E-state index is 0.247. The van der Waals surface area contributed by atoms with Gasteiger partial charge < -0.3 is 5.32 Å². The molecule has 0 spiro atoms. The predicted octanol–water partition coefficient (Wildman–Crippen LogP) is 8.54. The summed E-state index contributed by atoms with van der Waals surface area (Å²) >= 11 is 0. The Morgan fingerprint density at radius 1 is 0.548 bits per heavy atom. The highest BCUT2D eigenvalue weighted by molar-refractivity contribution is 6.13. The molecule has 1 aliphatic rings. The molecule has 0 saturated heterocycles. The first-order valence-corrected chi connectivity index (χ1v) is 13.9. The third-order valence-corrected chi connectivity index (χ3v) is 7.58. The smallest absolute Gasteiger partial charge is 0.159 e. The Labute approximate surface area is 245 Å². The summed E-state index contributed by atoms with van der Waals surface area (Å²) in [5, 5.41) is 15.7. The second kappa shape index (κ2) is 11.0. The largest absolute Gasteiger partial charge is 0.344 e. The lowest BCUT2D eigenvalue weighted by Gasteiger charge is -2.23. The van der Waals surface area contributed by atoms with Gasteiger partial charge in [0.25, 0.3) is 0 Å². The van der Waals surface area contributed by atoms with Crippen LogP contribution in [0.15, 0.2) is 156 Å². The van der Waals surface area contributed by atoms with Gasteiger partial charge in [0.2, 0.25) is 0 Å². The van der Waals surface area contributed by atoms with E-state index in [1.165, 1.54) is 0 Å². The zero-order valence-corrected chi connectivity index (χ0v) is 22.8. The Kier molecular flexibility index (Phi) is 6.60. The molecular formula is C38H26N4. The standard InChI is InChI=1S/C38H26N4/c39-25-32-17-9-10-18-33(32)35-24-31-16-8-7-15-30(31)23-34(35)26-19-21-29(22-20-26)38-41-36(27-11-3-1-4-12-27)40-37(42-38)28-13-5-2-6-14-28/h1-24,36H,(H,40,41,42). The molecule has 1 heterocycles. The molecule has 1 N–H and O–H groups in total. The quantitative estimate of drug-likeness (QED) is 0.239. The summed E-state index contributed by atoms with van der Waals surface area (Å²) in [7, 11) is 0. The molecule has 0 radical (unpaired) electrons. The van der Waals surface area contributed by atoms with Gasteiger partial charge in [0.1, 0.15) is 12.0 Å². The van der Waals surface area contributed by atoms with E-state index in [1.807, 2.05) is 66.7 Å². The Bertz CT molecular complexity index is 2000. The van der Waals surface area contributed by atoms with E-state index in [9.17, 15) is 5.26 Å². The first-order chi connectivity index (χ1) is 20.8. The third kappa shape index (κ3) is 4.85. The molecule has 0 saturated carbocycles. The van der Waals surface area contributed by atoms with Crippen LogP contribution in [0.3, 0.4) is 0 Å². The van der Waals surface area contributed by atoms with Gasteiger partial charge in [-0.25, -0.2) is 9.98 Å². The molecule has 7 rings (SSSR count). The van der Waals surface area contributed by atoms with Crippen LogP contribution in [0.2, 0.25) is 0 Å². The monoisotopic (exact) mass is 538 g/mol. The number of fused-ring (bicyclic) bond motifs is 1. The van der Waals surface area contributed by atoms with Crippen molar-refractivity contribution in [2.45, 2.75) is 6.17 Å². The molecule has 6 aromatic rings. The van der Waals surface area contributed by atoms with E-state index in [0.29, 0.717) is 11.4 Å². The van der Waals surface area contributed by atoms with Gasteiger partial charge in [0.05, 0.1) is 11.6 Å². The molecule has 0 aromatic heterocycles. The Balaban J connectivity index is 1.33. The van der Waals surface area contributed by atoms with Crippen molar-refractivity contribution in [3.05, 3.63) is 168 Å². The number of nitrogens with one attached hydrogen (secondary N) is 1. The number of hydrogen-bond donors (Lipinski definition) is 1.